The van der Waals surface area contributed by atoms with Gasteiger partial charge >= 0.3 is 0 Å². The molecule has 1 N–H and O–H groups in total. The van der Waals surface area contributed by atoms with Gasteiger partial charge < -0.3 is 5.32 Å². The Bertz CT molecular complexity index is 467. The van der Waals surface area contributed by atoms with Crippen LogP contribution in [0.1, 0.15) is 29.6 Å². The van der Waals surface area contributed by atoms with E-state index in [0.29, 0.717) is 34.8 Å². The zero-order chi connectivity index (χ0) is 13.8. The van der Waals surface area contributed by atoms with Gasteiger partial charge in [-0.2, -0.15) is 0 Å². The fourth-order valence-electron chi connectivity index (χ4n) is 2.58. The number of nitrogens with one attached hydrogen (secondary N) is 1. The molecule has 2 rings (SSSR count). The monoisotopic (exact) mass is 363 g/mol. The predicted octanol–water partition coefficient (Wildman–Crippen LogP) is 4.49. The van der Waals surface area contributed by atoms with E-state index in [0.717, 1.165) is 10.9 Å². The molecule has 1 saturated carbocycles. The molecule has 19 heavy (non-hydrogen) atoms. The zero-order valence-electron chi connectivity index (χ0n) is 10.5. The van der Waals surface area contributed by atoms with Gasteiger partial charge in [0.05, 0.1) is 10.6 Å². The van der Waals surface area contributed by atoms with Crippen molar-refractivity contribution in [3.05, 3.63) is 33.3 Å². The zero-order valence-corrected chi connectivity index (χ0v) is 13.6. The third-order valence-corrected chi connectivity index (χ3v) is 4.93. The van der Waals surface area contributed by atoms with Crippen molar-refractivity contribution < 1.29 is 4.79 Å². The first-order valence-corrected chi connectivity index (χ1v) is 8.11. The summed E-state index contributed by atoms with van der Waals surface area (Å²) in [7, 11) is 0. The molecule has 0 aromatic heterocycles. The van der Waals surface area contributed by atoms with Crippen LogP contribution >= 0.6 is 39.1 Å². The van der Waals surface area contributed by atoms with Crippen LogP contribution in [0.3, 0.4) is 0 Å². The fourth-order valence-corrected chi connectivity index (χ4v) is 3.55. The number of carbonyl (C=O) groups excluding carboxylic acids is 1. The fraction of sp³-hybridized carbons (Fsp3) is 0.500. The Kier molecular flexibility index (Phi) is 5.55. The molecule has 0 aliphatic heterocycles. The van der Waals surface area contributed by atoms with E-state index in [-0.39, 0.29) is 5.91 Å². The molecule has 2 unspecified atom stereocenters. The summed E-state index contributed by atoms with van der Waals surface area (Å²) in [6.45, 7) is 0.680. The first-order chi connectivity index (χ1) is 9.11. The number of alkyl halides is 1. The molecule has 1 aromatic carbocycles. The molecule has 1 aliphatic carbocycles. The largest absolute Gasteiger partial charge is 0.352 e. The van der Waals surface area contributed by atoms with Crippen LogP contribution in [0.25, 0.3) is 0 Å². The first-order valence-electron chi connectivity index (χ1n) is 6.41. The second-order valence-electron chi connectivity index (χ2n) is 4.94. The average Bonchev–Trinajstić information content (AvgIpc) is 2.86. The van der Waals surface area contributed by atoms with Crippen LogP contribution in [-0.4, -0.2) is 18.3 Å². The molecule has 0 spiro atoms. The van der Waals surface area contributed by atoms with Crippen LogP contribution in [0, 0.1) is 11.8 Å². The second-order valence-corrected chi connectivity index (χ2v) is 6.57. The summed E-state index contributed by atoms with van der Waals surface area (Å²) in [6.07, 6.45) is 3.52. The maximum atomic E-state index is 12.1. The molecule has 0 bridgehead atoms. The molecule has 1 amide bonds. The van der Waals surface area contributed by atoms with Crippen LogP contribution in [0.5, 0.6) is 0 Å². The van der Waals surface area contributed by atoms with Gasteiger partial charge in [-0.05, 0) is 42.9 Å². The summed E-state index contributed by atoms with van der Waals surface area (Å²) < 4.78 is 0.849. The summed E-state index contributed by atoms with van der Waals surface area (Å²) in [5, 5.41) is 3.44. The number of amides is 1. The van der Waals surface area contributed by atoms with Crippen molar-refractivity contribution in [1.82, 2.24) is 5.32 Å². The first kappa shape index (κ1) is 15.1. The third-order valence-electron chi connectivity index (χ3n) is 3.71. The Labute approximate surface area is 132 Å². The lowest BCUT2D eigenvalue weighted by molar-refractivity contribution is 0.0945. The maximum absolute atomic E-state index is 12.1. The number of rotatable bonds is 4. The molecule has 104 valence electrons. The average molecular weight is 365 g/mol. The normalized spacial score (nSPS) is 22.5. The maximum Gasteiger partial charge on any atom is 0.252 e. The van der Waals surface area contributed by atoms with Crippen LogP contribution < -0.4 is 5.32 Å². The Balaban J connectivity index is 1.96. The lowest BCUT2D eigenvalue weighted by atomic mass is 9.98. The van der Waals surface area contributed by atoms with Crippen LogP contribution in [0.2, 0.25) is 5.02 Å². The number of carbonyl (C=O) groups is 1. The van der Waals surface area contributed by atoms with Gasteiger partial charge in [0.25, 0.3) is 5.91 Å². The molecule has 2 atom stereocenters. The van der Waals surface area contributed by atoms with E-state index in [4.69, 9.17) is 23.2 Å². The van der Waals surface area contributed by atoms with Gasteiger partial charge in [0.2, 0.25) is 0 Å². The van der Waals surface area contributed by atoms with E-state index in [1.807, 2.05) is 6.07 Å². The van der Waals surface area contributed by atoms with Crippen LogP contribution in [0.4, 0.5) is 0 Å². The lowest BCUT2D eigenvalue weighted by Gasteiger charge is -2.17. The molecule has 5 heteroatoms. The highest BCUT2D eigenvalue weighted by Crippen LogP contribution is 2.32. The second kappa shape index (κ2) is 6.96. The van der Waals surface area contributed by atoms with Gasteiger partial charge in [-0.3, -0.25) is 4.79 Å². The summed E-state index contributed by atoms with van der Waals surface area (Å²) in [6, 6.07) is 5.28. The summed E-state index contributed by atoms with van der Waals surface area (Å²) in [5.41, 5.74) is 0.511. The van der Waals surface area contributed by atoms with E-state index >= 15 is 0 Å². The highest BCUT2D eigenvalue weighted by molar-refractivity contribution is 9.10. The number of benzene rings is 1. The SMILES string of the molecule is O=C(NCC1CCCC1CCl)c1cc(Br)ccc1Cl. The van der Waals surface area contributed by atoms with E-state index in [9.17, 15) is 4.79 Å². The van der Waals surface area contributed by atoms with Gasteiger partial charge in [0, 0.05) is 16.9 Å². The Morgan fingerprint density at radius 3 is 2.84 bits per heavy atom. The van der Waals surface area contributed by atoms with Crippen molar-refractivity contribution in [1.29, 1.82) is 0 Å². The molecule has 1 fully saturated rings. The Morgan fingerprint density at radius 2 is 2.11 bits per heavy atom. The van der Waals surface area contributed by atoms with Crippen molar-refractivity contribution in [3.8, 4) is 0 Å². The van der Waals surface area contributed by atoms with Gasteiger partial charge in [0.1, 0.15) is 0 Å². The van der Waals surface area contributed by atoms with Crippen LogP contribution in [0.15, 0.2) is 22.7 Å². The number of hydrogen-bond donors (Lipinski definition) is 1. The number of hydrogen-bond acceptors (Lipinski definition) is 1. The molecule has 0 radical (unpaired) electrons. The van der Waals surface area contributed by atoms with Gasteiger partial charge in [-0.15, -0.1) is 11.6 Å². The molecule has 1 aliphatic rings. The molecular formula is C14H16BrCl2NO. The number of halogens is 3. The molecular weight excluding hydrogens is 349 g/mol. The highest BCUT2D eigenvalue weighted by atomic mass is 79.9. The molecule has 0 saturated heterocycles. The highest BCUT2D eigenvalue weighted by Gasteiger charge is 2.26. The molecule has 0 heterocycles. The Morgan fingerprint density at radius 1 is 1.37 bits per heavy atom. The van der Waals surface area contributed by atoms with Crippen molar-refractivity contribution in [2.24, 2.45) is 11.8 Å². The topological polar surface area (TPSA) is 29.1 Å². The van der Waals surface area contributed by atoms with E-state index in [1.165, 1.54) is 12.8 Å². The lowest BCUT2D eigenvalue weighted by Crippen LogP contribution is -2.31. The minimum absolute atomic E-state index is 0.119. The summed E-state index contributed by atoms with van der Waals surface area (Å²) >= 11 is 15.3. The van der Waals surface area contributed by atoms with Crippen molar-refractivity contribution in [2.75, 3.05) is 12.4 Å². The third kappa shape index (κ3) is 3.87. The van der Waals surface area contributed by atoms with Crippen molar-refractivity contribution in [2.45, 2.75) is 19.3 Å². The van der Waals surface area contributed by atoms with E-state index < -0.39 is 0 Å². The Hall–Kier alpha value is -0.250. The van der Waals surface area contributed by atoms with Crippen molar-refractivity contribution >= 4 is 45.0 Å². The predicted molar refractivity (Wildman–Crippen MR) is 83.0 cm³/mol. The van der Waals surface area contributed by atoms with Crippen LogP contribution in [-0.2, 0) is 0 Å². The summed E-state index contributed by atoms with van der Waals surface area (Å²) in [4.78, 5) is 12.1. The van der Waals surface area contributed by atoms with Gasteiger partial charge in [-0.25, -0.2) is 0 Å². The van der Waals surface area contributed by atoms with Gasteiger partial charge in [0.15, 0.2) is 0 Å². The quantitative estimate of drug-likeness (QED) is 0.783. The van der Waals surface area contributed by atoms with Gasteiger partial charge in [-0.1, -0.05) is 34.0 Å². The summed E-state index contributed by atoms with van der Waals surface area (Å²) in [5.74, 6) is 1.58. The standard InChI is InChI=1S/C14H16BrCl2NO/c15-11-4-5-13(17)12(6-11)14(19)18-8-10-3-1-2-9(10)7-16/h4-6,9-10H,1-3,7-8H2,(H,18,19). The van der Waals surface area contributed by atoms with E-state index in [1.54, 1.807) is 12.1 Å². The minimum Gasteiger partial charge on any atom is -0.352 e. The molecule has 1 aromatic rings. The van der Waals surface area contributed by atoms with E-state index in [2.05, 4.69) is 21.2 Å². The smallest absolute Gasteiger partial charge is 0.252 e. The minimum atomic E-state index is -0.119. The van der Waals surface area contributed by atoms with Crippen molar-refractivity contribution in [3.63, 3.8) is 0 Å². The molecule has 2 nitrogen and oxygen atoms in total.